The molecule has 0 saturated carbocycles. The van der Waals surface area contributed by atoms with Gasteiger partial charge in [-0.1, -0.05) is 38.2 Å². The Morgan fingerprint density at radius 2 is 1.91 bits per heavy atom. The molecule has 2 aromatic rings. The van der Waals surface area contributed by atoms with Crippen molar-refractivity contribution in [1.82, 2.24) is 15.2 Å². The molecule has 5 nitrogen and oxygen atoms in total. The van der Waals surface area contributed by atoms with Crippen LogP contribution in [0.2, 0.25) is 0 Å². The van der Waals surface area contributed by atoms with Crippen LogP contribution in [0.15, 0.2) is 65.0 Å². The number of rotatable bonds is 10. The number of likely N-dealkylation sites (tertiary alicyclic amines) is 1. The topological polar surface area (TPSA) is 58.4 Å². The summed E-state index contributed by atoms with van der Waals surface area (Å²) in [4.78, 5) is 20.6. The highest BCUT2D eigenvalue weighted by Gasteiger charge is 2.14. The molecule has 3 rings (SSSR count). The summed E-state index contributed by atoms with van der Waals surface area (Å²) in [5.74, 6) is 2.01. The molecule has 0 spiro atoms. The Morgan fingerprint density at radius 3 is 2.56 bits per heavy atom. The first-order valence-electron chi connectivity index (χ1n) is 11.3. The van der Waals surface area contributed by atoms with Gasteiger partial charge in [-0.3, -0.25) is 4.79 Å². The van der Waals surface area contributed by atoms with E-state index in [1.807, 2.05) is 37.3 Å². The fraction of sp³-hybridized carbons (Fsp3) is 0.385. The Morgan fingerprint density at radius 1 is 1.19 bits per heavy atom. The third-order valence-electron chi connectivity index (χ3n) is 5.56. The third kappa shape index (κ3) is 6.97. The highest BCUT2D eigenvalue weighted by Crippen LogP contribution is 2.27. The average molecular weight is 452 g/mol. The molecule has 6 heteroatoms. The largest absolute Gasteiger partial charge is 0.441 e. The number of allylic oxidation sites excluding steroid dienone is 3. The minimum atomic E-state index is -0.0435. The number of carbonyl (C=O) groups excluding carboxylic acids is 1. The molecular weight excluding hydrogens is 418 g/mol. The molecule has 0 radical (unpaired) electrons. The number of hydrogen-bond acceptors (Lipinski definition) is 5. The standard InChI is InChI=1S/C26H33N3O2S/c1-4-10-23(5-2)32-19-24-20(3)31-26(28-24)22-13-11-21(12-14-22)25(30)27-15-18-29-16-8-6-7-9-17-29/h4-5,10-14H,1-2,6-9,15-19H2,3H3,(H,27,30)/b23-10+. The molecule has 1 amide bonds. The average Bonchev–Trinajstić information content (AvgIpc) is 2.99. The van der Waals surface area contributed by atoms with E-state index in [-0.39, 0.29) is 5.91 Å². The quantitative estimate of drug-likeness (QED) is 0.467. The molecule has 1 aromatic carbocycles. The van der Waals surface area contributed by atoms with E-state index in [9.17, 15) is 4.79 Å². The molecule has 0 unspecified atom stereocenters. The predicted octanol–water partition coefficient (Wildman–Crippen LogP) is 5.74. The van der Waals surface area contributed by atoms with Crippen molar-refractivity contribution >= 4 is 17.7 Å². The van der Waals surface area contributed by atoms with Crippen molar-refractivity contribution < 1.29 is 9.21 Å². The maximum atomic E-state index is 12.5. The third-order valence-corrected chi connectivity index (χ3v) is 6.61. The van der Waals surface area contributed by atoms with Crippen molar-refractivity contribution in [2.45, 2.75) is 38.4 Å². The van der Waals surface area contributed by atoms with Gasteiger partial charge in [-0.05, 0) is 63.2 Å². The fourth-order valence-electron chi connectivity index (χ4n) is 3.68. The fourth-order valence-corrected chi connectivity index (χ4v) is 4.56. The number of aryl methyl sites for hydroxylation is 1. The second kappa shape index (κ2) is 12.5. The first-order chi connectivity index (χ1) is 15.6. The second-order valence-electron chi connectivity index (χ2n) is 7.91. The zero-order chi connectivity index (χ0) is 22.8. The number of thioether (sulfide) groups is 1. The van der Waals surface area contributed by atoms with Gasteiger partial charge in [0.05, 0.1) is 5.69 Å². The van der Waals surface area contributed by atoms with Gasteiger partial charge in [-0.25, -0.2) is 4.98 Å². The SMILES string of the molecule is C=C/C=C(\C=C)SCc1nc(-c2ccc(C(=O)NCCN3CCCCCC3)cc2)oc1C. The van der Waals surface area contributed by atoms with Crippen LogP contribution in [0.5, 0.6) is 0 Å². The van der Waals surface area contributed by atoms with Gasteiger partial charge in [0, 0.05) is 34.9 Å². The molecule has 1 N–H and O–H groups in total. The van der Waals surface area contributed by atoms with Gasteiger partial charge in [0.15, 0.2) is 0 Å². The lowest BCUT2D eigenvalue weighted by Crippen LogP contribution is -2.35. The smallest absolute Gasteiger partial charge is 0.251 e. The molecule has 0 atom stereocenters. The summed E-state index contributed by atoms with van der Waals surface area (Å²) in [6.07, 6.45) is 10.6. The first-order valence-corrected chi connectivity index (χ1v) is 12.2. The van der Waals surface area contributed by atoms with E-state index < -0.39 is 0 Å². The molecule has 0 bridgehead atoms. The summed E-state index contributed by atoms with van der Waals surface area (Å²) in [6.45, 7) is 13.3. The zero-order valence-corrected chi connectivity index (χ0v) is 19.8. The monoisotopic (exact) mass is 451 g/mol. The van der Waals surface area contributed by atoms with Crippen molar-refractivity contribution in [3.8, 4) is 11.5 Å². The van der Waals surface area contributed by atoms with E-state index in [2.05, 4.69) is 28.4 Å². The van der Waals surface area contributed by atoms with Crippen molar-refractivity contribution in [3.63, 3.8) is 0 Å². The molecule has 1 aliphatic rings. The molecule has 170 valence electrons. The highest BCUT2D eigenvalue weighted by atomic mass is 32.2. The summed E-state index contributed by atoms with van der Waals surface area (Å²) in [5.41, 5.74) is 2.40. The van der Waals surface area contributed by atoms with Gasteiger partial charge >= 0.3 is 0 Å². The van der Waals surface area contributed by atoms with Gasteiger partial charge in [-0.15, -0.1) is 11.8 Å². The Hall–Kier alpha value is -2.57. The Labute approximate surface area is 195 Å². The normalized spacial score (nSPS) is 15.2. The van der Waals surface area contributed by atoms with Crippen molar-refractivity contribution in [3.05, 3.63) is 77.6 Å². The molecule has 1 aliphatic heterocycles. The number of hydrogen-bond donors (Lipinski definition) is 1. The van der Waals surface area contributed by atoms with Gasteiger partial charge in [-0.2, -0.15) is 0 Å². The van der Waals surface area contributed by atoms with Crippen molar-refractivity contribution in [2.75, 3.05) is 26.2 Å². The van der Waals surface area contributed by atoms with E-state index in [0.29, 0.717) is 23.8 Å². The second-order valence-corrected chi connectivity index (χ2v) is 8.96. The number of nitrogens with one attached hydrogen (secondary N) is 1. The van der Waals surface area contributed by atoms with Crippen LogP contribution in [0, 0.1) is 6.92 Å². The van der Waals surface area contributed by atoms with E-state index >= 15 is 0 Å². The Kier molecular flexibility index (Phi) is 9.38. The van der Waals surface area contributed by atoms with E-state index in [4.69, 9.17) is 4.42 Å². The van der Waals surface area contributed by atoms with Crippen LogP contribution in [0.4, 0.5) is 0 Å². The summed E-state index contributed by atoms with van der Waals surface area (Å²) < 4.78 is 5.87. The number of nitrogens with zero attached hydrogens (tertiary/aromatic N) is 2. The number of carbonyl (C=O) groups is 1. The molecule has 1 aromatic heterocycles. The summed E-state index contributed by atoms with van der Waals surface area (Å²) >= 11 is 1.64. The number of oxazole rings is 1. The molecule has 2 heterocycles. The lowest BCUT2D eigenvalue weighted by Gasteiger charge is -2.19. The van der Waals surface area contributed by atoms with Gasteiger partial charge < -0.3 is 14.6 Å². The number of benzene rings is 1. The van der Waals surface area contributed by atoms with Crippen LogP contribution >= 0.6 is 11.8 Å². The van der Waals surface area contributed by atoms with E-state index in [1.165, 1.54) is 25.7 Å². The van der Waals surface area contributed by atoms with Gasteiger partial charge in [0.25, 0.3) is 5.91 Å². The molecule has 32 heavy (non-hydrogen) atoms. The van der Waals surface area contributed by atoms with Crippen LogP contribution in [0.1, 0.15) is 47.5 Å². The lowest BCUT2D eigenvalue weighted by atomic mass is 10.1. The molecular formula is C26H33N3O2S. The summed E-state index contributed by atoms with van der Waals surface area (Å²) in [5, 5.41) is 3.04. The molecule has 1 fully saturated rings. The van der Waals surface area contributed by atoms with Gasteiger partial charge in [0.2, 0.25) is 5.89 Å². The van der Waals surface area contributed by atoms with Crippen LogP contribution in [-0.4, -0.2) is 42.0 Å². The summed E-state index contributed by atoms with van der Waals surface area (Å²) in [7, 11) is 0. The van der Waals surface area contributed by atoms with Crippen LogP contribution in [-0.2, 0) is 5.75 Å². The number of aromatic nitrogens is 1. The minimum Gasteiger partial charge on any atom is -0.441 e. The van der Waals surface area contributed by atoms with E-state index in [0.717, 1.165) is 41.6 Å². The minimum absolute atomic E-state index is 0.0435. The highest BCUT2D eigenvalue weighted by molar-refractivity contribution is 8.02. The molecule has 1 saturated heterocycles. The maximum absolute atomic E-state index is 12.5. The molecule has 0 aliphatic carbocycles. The Bertz CT molecular complexity index is 938. The van der Waals surface area contributed by atoms with Crippen LogP contribution < -0.4 is 5.32 Å². The predicted molar refractivity (Wildman–Crippen MR) is 134 cm³/mol. The maximum Gasteiger partial charge on any atom is 0.251 e. The van der Waals surface area contributed by atoms with Gasteiger partial charge in [0.1, 0.15) is 5.76 Å². The summed E-state index contributed by atoms with van der Waals surface area (Å²) in [6, 6.07) is 7.43. The van der Waals surface area contributed by atoms with Crippen molar-refractivity contribution in [2.24, 2.45) is 0 Å². The van der Waals surface area contributed by atoms with E-state index in [1.54, 1.807) is 23.9 Å². The first kappa shape index (κ1) is 24.1. The zero-order valence-electron chi connectivity index (χ0n) is 18.9. The van der Waals surface area contributed by atoms with Crippen LogP contribution in [0.3, 0.4) is 0 Å². The number of amides is 1. The van der Waals surface area contributed by atoms with Crippen LogP contribution in [0.25, 0.3) is 11.5 Å². The van der Waals surface area contributed by atoms with Crippen molar-refractivity contribution in [1.29, 1.82) is 0 Å². The Balaban J connectivity index is 1.54. The lowest BCUT2D eigenvalue weighted by molar-refractivity contribution is 0.0948.